The number of hydrogen-bond acceptors (Lipinski definition) is 1. The lowest BCUT2D eigenvalue weighted by atomic mass is 9.92. The molecule has 0 saturated carbocycles. The number of rotatable bonds is 39. The Bertz CT molecular complexity index is 497. The van der Waals surface area contributed by atoms with Crippen molar-refractivity contribution in [1.82, 2.24) is 4.90 Å². The molecule has 0 fully saturated rings. The molecule has 0 radical (unpaired) electrons. The fourth-order valence-electron chi connectivity index (χ4n) is 7.38. The van der Waals surface area contributed by atoms with E-state index in [1.54, 1.807) is 0 Å². The monoisotopic (exact) mass is 634 g/mol. The van der Waals surface area contributed by atoms with Gasteiger partial charge < -0.3 is 0 Å². The lowest BCUT2D eigenvalue weighted by molar-refractivity contribution is 0.102. The number of nitrogens with zero attached hydrogens (tertiary/aromatic N) is 1. The predicted molar refractivity (Wildman–Crippen MR) is 209 cm³/mol. The first-order valence-electron chi connectivity index (χ1n) is 21.8. The Morgan fingerprint density at radius 3 is 0.711 bits per heavy atom. The molecule has 0 aromatic carbocycles. The van der Waals surface area contributed by atoms with E-state index >= 15 is 0 Å². The average molecular weight is 634 g/mol. The van der Waals surface area contributed by atoms with E-state index in [9.17, 15) is 0 Å². The third-order valence-corrected chi connectivity index (χ3v) is 10.8. The van der Waals surface area contributed by atoms with Gasteiger partial charge in [-0.3, -0.25) is 4.90 Å². The fraction of sp³-hybridized carbons (Fsp3) is 1.00. The Morgan fingerprint density at radius 1 is 0.267 bits per heavy atom. The van der Waals surface area contributed by atoms with E-state index in [-0.39, 0.29) is 0 Å². The molecule has 0 unspecified atom stereocenters. The van der Waals surface area contributed by atoms with Crippen LogP contribution < -0.4 is 0 Å². The molecule has 0 aliphatic carbocycles. The molecule has 272 valence electrons. The lowest BCUT2D eigenvalue weighted by Gasteiger charge is -2.39. The van der Waals surface area contributed by atoms with Crippen LogP contribution in [0.4, 0.5) is 0 Å². The van der Waals surface area contributed by atoms with Gasteiger partial charge in [0.05, 0.1) is 0 Å². The van der Waals surface area contributed by atoms with Crippen molar-refractivity contribution in [2.24, 2.45) is 0 Å². The molecule has 0 heterocycles. The Balaban J connectivity index is 4.22. The van der Waals surface area contributed by atoms with Crippen LogP contribution in [0.5, 0.6) is 0 Å². The van der Waals surface area contributed by atoms with Crippen LogP contribution in [-0.4, -0.2) is 23.5 Å². The smallest absolute Gasteiger partial charge is 0.0153 e. The van der Waals surface area contributed by atoms with Gasteiger partial charge in [-0.1, -0.05) is 233 Å². The third kappa shape index (κ3) is 33.6. The van der Waals surface area contributed by atoms with Crippen molar-refractivity contribution in [2.45, 2.75) is 271 Å². The van der Waals surface area contributed by atoms with E-state index in [0.29, 0.717) is 5.54 Å². The number of unbranched alkanes of at least 4 members (excludes halogenated alkanes) is 32. The molecule has 0 aromatic rings. The van der Waals surface area contributed by atoms with Crippen molar-refractivity contribution in [1.29, 1.82) is 0 Å². The maximum atomic E-state index is 2.93. The molecular weight excluding hydrogens is 542 g/mol. The second-order valence-electron chi connectivity index (χ2n) is 15.9. The van der Waals surface area contributed by atoms with Crippen LogP contribution in [0.15, 0.2) is 0 Å². The van der Waals surface area contributed by atoms with Gasteiger partial charge in [0, 0.05) is 5.54 Å². The molecule has 0 amide bonds. The van der Waals surface area contributed by atoms with E-state index < -0.39 is 0 Å². The van der Waals surface area contributed by atoms with Crippen LogP contribution >= 0.6 is 0 Å². The van der Waals surface area contributed by atoms with Crippen molar-refractivity contribution in [3.8, 4) is 0 Å². The molecule has 0 rings (SSSR count). The molecule has 0 spiro atoms. The molecule has 1 nitrogen and oxygen atoms in total. The summed E-state index contributed by atoms with van der Waals surface area (Å²) in [5.41, 5.74) is 0.370. The largest absolute Gasteiger partial charge is 0.298 e. The van der Waals surface area contributed by atoms with Crippen LogP contribution in [0.2, 0.25) is 0 Å². The summed E-state index contributed by atoms with van der Waals surface area (Å²) < 4.78 is 0. The molecule has 0 bridgehead atoms. The Labute approximate surface area is 288 Å². The minimum Gasteiger partial charge on any atom is -0.298 e. The second-order valence-corrected chi connectivity index (χ2v) is 15.9. The van der Waals surface area contributed by atoms with Gasteiger partial charge in [-0.25, -0.2) is 0 Å². The summed E-state index contributed by atoms with van der Waals surface area (Å²) in [6, 6.07) is 0. The topological polar surface area (TPSA) is 3.24 Å². The molecule has 0 aliphatic heterocycles. The quantitative estimate of drug-likeness (QED) is 0.0609. The molecule has 0 saturated heterocycles. The van der Waals surface area contributed by atoms with E-state index in [1.165, 1.54) is 244 Å². The van der Waals surface area contributed by atoms with Gasteiger partial charge in [0.1, 0.15) is 0 Å². The molecule has 0 N–H and O–H groups in total. The van der Waals surface area contributed by atoms with E-state index in [4.69, 9.17) is 0 Å². The highest BCUT2D eigenvalue weighted by Crippen LogP contribution is 2.25. The minimum atomic E-state index is 0.370. The summed E-state index contributed by atoms with van der Waals surface area (Å²) >= 11 is 0. The zero-order valence-corrected chi connectivity index (χ0v) is 32.8. The van der Waals surface area contributed by atoms with Gasteiger partial charge in [-0.15, -0.1) is 0 Å². The Hall–Kier alpha value is -0.0400. The SMILES string of the molecule is CCCCCCCCCCCCCCN(CCCCCCCCCCCCCC)C(C)(C)CCCCCCCCCCCCC. The molecule has 0 aliphatic rings. The number of hydrogen-bond donors (Lipinski definition) is 0. The second kappa shape index (κ2) is 36.8. The molecular formula is C44H91N. The van der Waals surface area contributed by atoms with Gasteiger partial charge in [0.2, 0.25) is 0 Å². The van der Waals surface area contributed by atoms with Gasteiger partial charge in [-0.05, 0) is 46.2 Å². The molecule has 0 aromatic heterocycles. The van der Waals surface area contributed by atoms with Crippen LogP contribution in [0.3, 0.4) is 0 Å². The van der Waals surface area contributed by atoms with Gasteiger partial charge in [0.25, 0.3) is 0 Å². The molecule has 45 heavy (non-hydrogen) atoms. The van der Waals surface area contributed by atoms with Crippen molar-refractivity contribution in [3.63, 3.8) is 0 Å². The predicted octanol–water partition coefficient (Wildman–Crippen LogP) is 16.2. The summed E-state index contributed by atoms with van der Waals surface area (Å²) in [7, 11) is 0. The first kappa shape index (κ1) is 45.0. The zero-order chi connectivity index (χ0) is 32.9. The van der Waals surface area contributed by atoms with Gasteiger partial charge in [-0.2, -0.15) is 0 Å². The minimum absolute atomic E-state index is 0.370. The lowest BCUT2D eigenvalue weighted by Crippen LogP contribution is -2.45. The van der Waals surface area contributed by atoms with Crippen LogP contribution in [-0.2, 0) is 0 Å². The molecule has 1 heteroatoms. The first-order valence-corrected chi connectivity index (χ1v) is 21.8. The highest BCUT2D eigenvalue weighted by atomic mass is 15.2. The van der Waals surface area contributed by atoms with Crippen molar-refractivity contribution in [2.75, 3.05) is 13.1 Å². The third-order valence-electron chi connectivity index (χ3n) is 10.8. The van der Waals surface area contributed by atoms with Crippen molar-refractivity contribution in [3.05, 3.63) is 0 Å². The zero-order valence-electron chi connectivity index (χ0n) is 32.8. The summed E-state index contributed by atoms with van der Waals surface area (Å²) in [4.78, 5) is 2.93. The molecule has 0 atom stereocenters. The Kier molecular flexibility index (Phi) is 36.8. The first-order chi connectivity index (χ1) is 22.1. The highest BCUT2D eigenvalue weighted by Gasteiger charge is 2.25. The van der Waals surface area contributed by atoms with Gasteiger partial charge >= 0.3 is 0 Å². The standard InChI is InChI=1S/C44H91N/c1-6-9-12-15-18-21-24-27-30-33-36-39-42-45(43-40-37-34-31-28-25-22-19-16-13-10-7-2)44(4,5)41-38-35-32-29-26-23-20-17-14-11-8-3/h6-43H2,1-5H3. The summed E-state index contributed by atoms with van der Waals surface area (Å²) in [5, 5.41) is 0. The summed E-state index contributed by atoms with van der Waals surface area (Å²) in [5.74, 6) is 0. The van der Waals surface area contributed by atoms with E-state index in [0.717, 1.165) is 0 Å². The van der Waals surface area contributed by atoms with Crippen molar-refractivity contribution >= 4 is 0 Å². The Morgan fingerprint density at radius 2 is 0.467 bits per heavy atom. The van der Waals surface area contributed by atoms with E-state index in [2.05, 4.69) is 39.5 Å². The maximum absolute atomic E-state index is 2.93. The maximum Gasteiger partial charge on any atom is 0.0153 e. The highest BCUT2D eigenvalue weighted by molar-refractivity contribution is 4.81. The summed E-state index contributed by atoms with van der Waals surface area (Å²) in [6.45, 7) is 14.8. The fourth-order valence-corrected chi connectivity index (χ4v) is 7.38. The summed E-state index contributed by atoms with van der Waals surface area (Å²) in [6.07, 6.45) is 52.2. The van der Waals surface area contributed by atoms with Gasteiger partial charge in [0.15, 0.2) is 0 Å². The van der Waals surface area contributed by atoms with Crippen LogP contribution in [0, 0.1) is 0 Å². The van der Waals surface area contributed by atoms with Crippen molar-refractivity contribution < 1.29 is 0 Å². The normalized spacial score (nSPS) is 12.1. The van der Waals surface area contributed by atoms with E-state index in [1.807, 2.05) is 0 Å². The van der Waals surface area contributed by atoms with Crippen LogP contribution in [0.25, 0.3) is 0 Å². The average Bonchev–Trinajstić information content (AvgIpc) is 3.03. The van der Waals surface area contributed by atoms with Crippen LogP contribution in [0.1, 0.15) is 266 Å².